The first-order valence-corrected chi connectivity index (χ1v) is 10.4. The Labute approximate surface area is 146 Å². The zero-order chi connectivity index (χ0) is 17.8. The first kappa shape index (κ1) is 21.3. The molecule has 0 saturated carbocycles. The topological polar surface area (TPSA) is 54.0 Å². The summed E-state index contributed by atoms with van der Waals surface area (Å²) in [6, 6.07) is 9.95. The first-order valence-electron chi connectivity index (χ1n) is 8.75. The minimum Gasteiger partial charge on any atom is -0.353 e. The molecule has 0 saturated heterocycles. The molecular weight excluding hydrogens is 327 g/mol. The molecule has 1 aromatic rings. The normalized spacial score (nSPS) is 13.4. The standard InChI is InChI=1S/C18H31O5P/c1-5-20-18(21-6-2)15-17(14-16-12-10-9-11-13-16)24(19,22-7-3)23-8-4/h9-13,17-18H,5-8,14-15H2,1-4H3/t17-/m1/s1. The summed E-state index contributed by atoms with van der Waals surface area (Å²) >= 11 is 0. The highest BCUT2D eigenvalue weighted by atomic mass is 31.2. The van der Waals surface area contributed by atoms with Crippen molar-refractivity contribution in [2.24, 2.45) is 0 Å². The Morgan fingerprint density at radius 3 is 1.88 bits per heavy atom. The smallest absolute Gasteiger partial charge is 0.334 e. The number of rotatable bonds is 13. The molecule has 0 N–H and O–H groups in total. The van der Waals surface area contributed by atoms with E-state index >= 15 is 0 Å². The second-order valence-electron chi connectivity index (χ2n) is 5.29. The number of hydrogen-bond donors (Lipinski definition) is 0. The van der Waals surface area contributed by atoms with Gasteiger partial charge in [-0.25, -0.2) is 0 Å². The predicted molar refractivity (Wildman–Crippen MR) is 96.4 cm³/mol. The maximum atomic E-state index is 13.3. The number of benzene rings is 1. The molecular formula is C18H31O5P. The maximum Gasteiger partial charge on any atom is 0.334 e. The Kier molecular flexibility index (Phi) is 10.5. The summed E-state index contributed by atoms with van der Waals surface area (Å²) in [5.41, 5.74) is 0.775. The summed E-state index contributed by atoms with van der Waals surface area (Å²) in [6.07, 6.45) is 0.644. The van der Waals surface area contributed by atoms with E-state index in [1.54, 1.807) is 0 Å². The van der Waals surface area contributed by atoms with E-state index in [0.717, 1.165) is 5.56 Å². The van der Waals surface area contributed by atoms with Gasteiger partial charge in [-0.1, -0.05) is 30.3 Å². The van der Waals surface area contributed by atoms with E-state index in [4.69, 9.17) is 18.5 Å². The van der Waals surface area contributed by atoms with Crippen LogP contribution in [0.4, 0.5) is 0 Å². The van der Waals surface area contributed by atoms with Crippen molar-refractivity contribution >= 4 is 7.60 Å². The molecule has 0 aliphatic rings. The molecule has 5 nitrogen and oxygen atoms in total. The number of ether oxygens (including phenoxy) is 2. The van der Waals surface area contributed by atoms with Crippen LogP contribution in [0.15, 0.2) is 30.3 Å². The van der Waals surface area contributed by atoms with Gasteiger partial charge in [0.25, 0.3) is 0 Å². The van der Waals surface area contributed by atoms with Gasteiger partial charge in [0, 0.05) is 19.6 Å². The van der Waals surface area contributed by atoms with Crippen LogP contribution in [-0.4, -0.2) is 38.4 Å². The van der Waals surface area contributed by atoms with E-state index < -0.39 is 13.9 Å². The molecule has 0 heterocycles. The van der Waals surface area contributed by atoms with Gasteiger partial charge in [-0.05, 0) is 39.7 Å². The molecule has 0 unspecified atom stereocenters. The summed E-state index contributed by atoms with van der Waals surface area (Å²) in [5, 5.41) is 0. The molecule has 0 fully saturated rings. The van der Waals surface area contributed by atoms with E-state index in [1.165, 1.54) is 0 Å². The van der Waals surface area contributed by atoms with E-state index in [2.05, 4.69) is 0 Å². The quantitative estimate of drug-likeness (QED) is 0.379. The van der Waals surface area contributed by atoms with Crippen LogP contribution in [0.25, 0.3) is 0 Å². The van der Waals surface area contributed by atoms with Crippen molar-refractivity contribution in [2.75, 3.05) is 26.4 Å². The van der Waals surface area contributed by atoms with E-state index in [1.807, 2.05) is 58.0 Å². The molecule has 1 aromatic carbocycles. The monoisotopic (exact) mass is 358 g/mol. The van der Waals surface area contributed by atoms with Crippen LogP contribution in [0.3, 0.4) is 0 Å². The lowest BCUT2D eigenvalue weighted by Crippen LogP contribution is -2.27. The molecule has 1 atom stereocenters. The largest absolute Gasteiger partial charge is 0.353 e. The minimum atomic E-state index is -3.26. The van der Waals surface area contributed by atoms with Crippen molar-refractivity contribution < 1.29 is 23.1 Å². The van der Waals surface area contributed by atoms with Gasteiger partial charge in [-0.15, -0.1) is 0 Å². The van der Waals surface area contributed by atoms with Gasteiger partial charge in [-0.2, -0.15) is 0 Å². The first-order chi connectivity index (χ1) is 11.6. The summed E-state index contributed by atoms with van der Waals surface area (Å²) in [6.45, 7) is 9.26. The Bertz CT molecular complexity index is 464. The Morgan fingerprint density at radius 2 is 1.42 bits per heavy atom. The van der Waals surface area contributed by atoms with Crippen LogP contribution < -0.4 is 0 Å². The minimum absolute atomic E-state index is 0.317. The van der Waals surface area contributed by atoms with Gasteiger partial charge in [0.05, 0.1) is 18.9 Å². The highest BCUT2D eigenvalue weighted by Crippen LogP contribution is 2.55. The second kappa shape index (κ2) is 11.8. The highest BCUT2D eigenvalue weighted by molar-refractivity contribution is 7.54. The Morgan fingerprint density at radius 1 is 0.875 bits per heavy atom. The van der Waals surface area contributed by atoms with Crippen LogP contribution in [0.5, 0.6) is 0 Å². The SMILES string of the molecule is CCOC(C[C@@H](Cc1ccccc1)P(=O)(OCC)OCC)OCC. The molecule has 0 spiro atoms. The molecule has 1 rings (SSSR count). The molecule has 138 valence electrons. The van der Waals surface area contributed by atoms with Crippen LogP contribution in [-0.2, 0) is 29.5 Å². The van der Waals surface area contributed by atoms with Gasteiger partial charge < -0.3 is 18.5 Å². The van der Waals surface area contributed by atoms with E-state index in [-0.39, 0.29) is 5.66 Å². The molecule has 0 aromatic heterocycles. The molecule has 6 heteroatoms. The molecule has 0 aliphatic carbocycles. The third-order valence-electron chi connectivity index (χ3n) is 3.55. The fraction of sp³-hybridized carbons (Fsp3) is 0.667. The van der Waals surface area contributed by atoms with Crippen molar-refractivity contribution in [3.8, 4) is 0 Å². The molecule has 0 radical (unpaired) electrons. The van der Waals surface area contributed by atoms with Gasteiger partial charge in [-0.3, -0.25) is 4.57 Å². The van der Waals surface area contributed by atoms with Crippen molar-refractivity contribution in [1.29, 1.82) is 0 Å². The summed E-state index contributed by atoms with van der Waals surface area (Å²) in [7, 11) is -3.26. The lowest BCUT2D eigenvalue weighted by Gasteiger charge is -2.29. The molecule has 0 bridgehead atoms. The Hall–Kier alpha value is -0.710. The lowest BCUT2D eigenvalue weighted by molar-refractivity contribution is -0.140. The van der Waals surface area contributed by atoms with Gasteiger partial charge in [0.15, 0.2) is 6.29 Å². The summed E-state index contributed by atoms with van der Waals surface area (Å²) < 4.78 is 35.8. The van der Waals surface area contributed by atoms with Crippen molar-refractivity contribution in [3.63, 3.8) is 0 Å². The molecule has 0 amide bonds. The van der Waals surface area contributed by atoms with Crippen LogP contribution in [0, 0.1) is 0 Å². The van der Waals surface area contributed by atoms with Crippen molar-refractivity contribution in [2.45, 2.75) is 52.5 Å². The van der Waals surface area contributed by atoms with Gasteiger partial charge in [0.2, 0.25) is 0 Å². The van der Waals surface area contributed by atoms with Crippen LogP contribution in [0.2, 0.25) is 0 Å². The zero-order valence-corrected chi connectivity index (χ0v) is 16.2. The summed E-state index contributed by atoms with van der Waals surface area (Å²) in [5.74, 6) is 0. The zero-order valence-electron chi connectivity index (χ0n) is 15.3. The van der Waals surface area contributed by atoms with Crippen molar-refractivity contribution in [3.05, 3.63) is 35.9 Å². The average Bonchev–Trinajstić information content (AvgIpc) is 2.56. The van der Waals surface area contributed by atoms with Crippen LogP contribution >= 0.6 is 7.60 Å². The third kappa shape index (κ3) is 7.04. The van der Waals surface area contributed by atoms with Gasteiger partial charge in [0.1, 0.15) is 0 Å². The maximum absolute atomic E-state index is 13.3. The molecule has 0 aliphatic heterocycles. The molecule has 24 heavy (non-hydrogen) atoms. The Balaban J connectivity index is 3.01. The fourth-order valence-corrected chi connectivity index (χ4v) is 4.68. The van der Waals surface area contributed by atoms with E-state index in [9.17, 15) is 4.57 Å². The van der Waals surface area contributed by atoms with E-state index in [0.29, 0.717) is 39.3 Å². The van der Waals surface area contributed by atoms with Gasteiger partial charge >= 0.3 is 7.60 Å². The van der Waals surface area contributed by atoms with Crippen LogP contribution in [0.1, 0.15) is 39.7 Å². The predicted octanol–water partition coefficient (Wildman–Crippen LogP) is 4.65. The highest BCUT2D eigenvalue weighted by Gasteiger charge is 2.37. The summed E-state index contributed by atoms with van der Waals surface area (Å²) in [4.78, 5) is 0. The lowest BCUT2D eigenvalue weighted by atomic mass is 10.1. The fourth-order valence-electron chi connectivity index (χ4n) is 2.60. The second-order valence-corrected chi connectivity index (χ2v) is 7.62. The number of hydrogen-bond acceptors (Lipinski definition) is 5. The average molecular weight is 358 g/mol. The third-order valence-corrected chi connectivity index (χ3v) is 6.07. The van der Waals surface area contributed by atoms with Crippen molar-refractivity contribution in [1.82, 2.24) is 0 Å².